The lowest BCUT2D eigenvalue weighted by Crippen LogP contribution is -2.38. The van der Waals surface area contributed by atoms with Crippen molar-refractivity contribution in [1.29, 1.82) is 0 Å². The molecule has 3 aromatic carbocycles. The molecule has 2 atom stereocenters. The van der Waals surface area contributed by atoms with E-state index in [9.17, 15) is 14.7 Å². The summed E-state index contributed by atoms with van der Waals surface area (Å²) >= 11 is 12.6. The molecule has 1 aromatic heterocycles. The van der Waals surface area contributed by atoms with Crippen LogP contribution in [0.5, 0.6) is 5.75 Å². The van der Waals surface area contributed by atoms with Gasteiger partial charge in [0.1, 0.15) is 11.8 Å². The minimum Gasteiger partial charge on any atom is -0.493 e. The van der Waals surface area contributed by atoms with Crippen molar-refractivity contribution in [2.75, 3.05) is 18.1 Å². The Morgan fingerprint density at radius 1 is 1.03 bits per heavy atom. The second-order valence-corrected chi connectivity index (χ2v) is 10.6. The van der Waals surface area contributed by atoms with Gasteiger partial charge in [0, 0.05) is 45.7 Å². The number of benzene rings is 3. The topological polar surface area (TPSA) is 91.8 Å². The molecule has 0 radical (unpaired) electrons. The first-order valence-corrected chi connectivity index (χ1v) is 13.6. The van der Waals surface area contributed by atoms with E-state index in [2.05, 4.69) is 5.32 Å². The number of nitrogens with zero attached hydrogens (tertiary/aromatic N) is 2. The van der Waals surface area contributed by atoms with Crippen molar-refractivity contribution in [3.8, 4) is 16.9 Å². The Bertz CT molecular complexity index is 1590. The second kappa shape index (κ2) is 10.4. The molecular weight excluding hydrogens is 537 g/mol. The van der Waals surface area contributed by atoms with Crippen LogP contribution in [-0.4, -0.2) is 41.2 Å². The van der Waals surface area contributed by atoms with Gasteiger partial charge < -0.3 is 20.1 Å². The highest BCUT2D eigenvalue weighted by Crippen LogP contribution is 2.40. The fourth-order valence-corrected chi connectivity index (χ4v) is 6.17. The van der Waals surface area contributed by atoms with Crippen molar-refractivity contribution in [2.45, 2.75) is 31.3 Å². The molecule has 2 aliphatic rings. The molecule has 0 spiro atoms. The van der Waals surface area contributed by atoms with Gasteiger partial charge in [-0.25, -0.2) is 4.79 Å². The third-order valence-electron chi connectivity index (χ3n) is 7.38. The van der Waals surface area contributed by atoms with Gasteiger partial charge in [-0.1, -0.05) is 59.6 Å². The molecule has 1 amide bonds. The number of anilines is 1. The first-order valence-electron chi connectivity index (χ1n) is 12.8. The van der Waals surface area contributed by atoms with Crippen LogP contribution in [0.1, 0.15) is 41.2 Å². The highest BCUT2D eigenvalue weighted by atomic mass is 35.5. The van der Waals surface area contributed by atoms with Crippen LogP contribution < -0.4 is 15.0 Å². The van der Waals surface area contributed by atoms with Crippen LogP contribution in [0.4, 0.5) is 5.69 Å². The summed E-state index contributed by atoms with van der Waals surface area (Å²) in [7, 11) is 0. The third-order valence-corrected chi connectivity index (χ3v) is 7.81. The SMILES string of the molecule is O=C(NC1CCOc2ccccc21)c1cnc2c(-c3cc(Cl)cc(Cl)c3)cccc2c1N1CCC[C@H]1C(=O)O. The minimum absolute atomic E-state index is 0.236. The fraction of sp³-hybridized carbons (Fsp3) is 0.233. The number of carboxylic acid groups (broad SMARTS) is 1. The predicted octanol–water partition coefficient (Wildman–Crippen LogP) is 6.52. The summed E-state index contributed by atoms with van der Waals surface area (Å²) in [5.41, 5.74) is 4.02. The largest absolute Gasteiger partial charge is 0.493 e. The summed E-state index contributed by atoms with van der Waals surface area (Å²) in [6.07, 6.45) is 3.38. The number of ether oxygens (including phenoxy) is 1. The van der Waals surface area contributed by atoms with E-state index in [-0.39, 0.29) is 11.9 Å². The summed E-state index contributed by atoms with van der Waals surface area (Å²) in [6.45, 7) is 1.01. The van der Waals surface area contributed by atoms with Gasteiger partial charge in [-0.3, -0.25) is 9.78 Å². The Morgan fingerprint density at radius 2 is 1.82 bits per heavy atom. The number of halogens is 2. The number of fused-ring (bicyclic) bond motifs is 2. The average Bonchev–Trinajstić information content (AvgIpc) is 3.42. The lowest BCUT2D eigenvalue weighted by molar-refractivity contribution is -0.138. The number of aliphatic carboxylic acids is 1. The van der Waals surface area contributed by atoms with Crippen LogP contribution in [0, 0.1) is 0 Å². The Hall–Kier alpha value is -3.81. The van der Waals surface area contributed by atoms with Gasteiger partial charge in [-0.15, -0.1) is 0 Å². The predicted molar refractivity (Wildman–Crippen MR) is 152 cm³/mol. The van der Waals surface area contributed by atoms with Gasteiger partial charge in [-0.2, -0.15) is 0 Å². The van der Waals surface area contributed by atoms with Crippen LogP contribution in [-0.2, 0) is 4.79 Å². The average molecular weight is 562 g/mol. The lowest BCUT2D eigenvalue weighted by Gasteiger charge is -2.29. The van der Waals surface area contributed by atoms with Crippen molar-refractivity contribution < 1.29 is 19.4 Å². The molecule has 39 heavy (non-hydrogen) atoms. The monoisotopic (exact) mass is 561 g/mol. The molecular formula is C30H25Cl2N3O4. The van der Waals surface area contributed by atoms with Gasteiger partial charge in [0.25, 0.3) is 5.91 Å². The molecule has 2 N–H and O–H groups in total. The maximum absolute atomic E-state index is 13.9. The quantitative estimate of drug-likeness (QED) is 0.288. The van der Waals surface area contributed by atoms with E-state index in [1.54, 1.807) is 12.3 Å². The maximum atomic E-state index is 13.9. The summed E-state index contributed by atoms with van der Waals surface area (Å²) < 4.78 is 5.76. The van der Waals surface area contributed by atoms with Crippen molar-refractivity contribution in [2.24, 2.45) is 0 Å². The Kier molecular flexibility index (Phi) is 6.79. The molecule has 0 aliphatic carbocycles. The van der Waals surface area contributed by atoms with E-state index in [0.717, 1.165) is 22.4 Å². The molecule has 1 fully saturated rings. The van der Waals surface area contributed by atoms with Gasteiger partial charge >= 0.3 is 5.97 Å². The molecule has 1 saturated heterocycles. The zero-order valence-electron chi connectivity index (χ0n) is 20.9. The van der Waals surface area contributed by atoms with Gasteiger partial charge in [0.2, 0.25) is 0 Å². The van der Waals surface area contributed by atoms with Gasteiger partial charge in [0.05, 0.1) is 29.4 Å². The molecule has 3 heterocycles. The molecule has 198 valence electrons. The van der Waals surface area contributed by atoms with Crippen molar-refractivity contribution in [3.63, 3.8) is 0 Å². The normalized spacial score (nSPS) is 18.5. The minimum atomic E-state index is -0.917. The molecule has 1 unspecified atom stereocenters. The number of para-hydroxylation sites is 2. The molecule has 4 aromatic rings. The number of carboxylic acids is 1. The van der Waals surface area contributed by atoms with Crippen LogP contribution in [0.15, 0.2) is 66.9 Å². The zero-order valence-corrected chi connectivity index (χ0v) is 22.4. The molecule has 2 aliphatic heterocycles. The second-order valence-electron chi connectivity index (χ2n) is 9.77. The number of hydrogen-bond acceptors (Lipinski definition) is 5. The Labute approximate surface area is 235 Å². The molecule has 0 saturated carbocycles. The lowest BCUT2D eigenvalue weighted by atomic mass is 9.97. The number of carbonyl (C=O) groups is 2. The van der Waals surface area contributed by atoms with E-state index in [0.29, 0.717) is 64.6 Å². The Morgan fingerprint density at radius 3 is 2.62 bits per heavy atom. The fourth-order valence-electron chi connectivity index (χ4n) is 5.65. The van der Waals surface area contributed by atoms with E-state index in [1.807, 2.05) is 59.5 Å². The number of nitrogens with one attached hydrogen (secondary N) is 1. The smallest absolute Gasteiger partial charge is 0.326 e. The van der Waals surface area contributed by atoms with Crippen LogP contribution in [0.25, 0.3) is 22.0 Å². The summed E-state index contributed by atoms with van der Waals surface area (Å²) in [6, 6.07) is 17.6. The molecule has 0 bridgehead atoms. The van der Waals surface area contributed by atoms with Crippen LogP contribution in [0.2, 0.25) is 10.0 Å². The molecule has 6 rings (SSSR count). The number of aromatic nitrogens is 1. The highest BCUT2D eigenvalue weighted by Gasteiger charge is 2.35. The first kappa shape index (κ1) is 25.5. The van der Waals surface area contributed by atoms with E-state index < -0.39 is 12.0 Å². The summed E-state index contributed by atoms with van der Waals surface area (Å²) in [5.74, 6) is -0.477. The summed E-state index contributed by atoms with van der Waals surface area (Å²) in [5, 5.41) is 14.8. The number of carbonyl (C=O) groups excluding carboxylic acids is 1. The number of amides is 1. The van der Waals surface area contributed by atoms with Gasteiger partial charge in [-0.05, 0) is 42.7 Å². The van der Waals surface area contributed by atoms with E-state index >= 15 is 0 Å². The maximum Gasteiger partial charge on any atom is 0.326 e. The van der Waals surface area contributed by atoms with Crippen molar-refractivity contribution in [1.82, 2.24) is 10.3 Å². The highest BCUT2D eigenvalue weighted by molar-refractivity contribution is 6.35. The van der Waals surface area contributed by atoms with E-state index in [4.69, 9.17) is 32.9 Å². The van der Waals surface area contributed by atoms with Crippen LogP contribution in [0.3, 0.4) is 0 Å². The summed E-state index contributed by atoms with van der Waals surface area (Å²) in [4.78, 5) is 32.6. The number of hydrogen-bond donors (Lipinski definition) is 2. The number of rotatable bonds is 5. The van der Waals surface area contributed by atoms with Crippen molar-refractivity contribution >= 4 is 51.7 Å². The van der Waals surface area contributed by atoms with E-state index in [1.165, 1.54) is 0 Å². The molecule has 7 nitrogen and oxygen atoms in total. The standard InChI is InChI=1S/C30H25Cl2N3O4/c31-18-13-17(14-19(32)15-18)20-6-3-7-22-27(20)33-16-23(28(22)35-11-4-8-25(35)30(37)38)29(36)34-24-10-12-39-26-9-2-1-5-21(24)26/h1-3,5-7,9,13-16,24-25H,4,8,10-12H2,(H,34,36)(H,37,38)/t24?,25-/m0/s1. The molecule has 9 heteroatoms. The third kappa shape index (κ3) is 4.77. The van der Waals surface area contributed by atoms with Gasteiger partial charge in [0.15, 0.2) is 0 Å². The van der Waals surface area contributed by atoms with Crippen molar-refractivity contribution in [3.05, 3.63) is 88.0 Å². The zero-order chi connectivity index (χ0) is 27.1. The van der Waals surface area contributed by atoms with Crippen LogP contribution >= 0.6 is 23.2 Å². The number of pyridine rings is 1. The first-order chi connectivity index (χ1) is 18.9. The Balaban J connectivity index is 1.49.